The second-order valence-electron chi connectivity index (χ2n) is 8.87. The molecule has 176 valence electrons. The highest BCUT2D eigenvalue weighted by molar-refractivity contribution is 7.85. The molecular formula is C27H30N4O2S. The molecule has 2 heterocycles. The highest BCUT2D eigenvalue weighted by Crippen LogP contribution is 2.29. The Morgan fingerprint density at radius 3 is 2.24 bits per heavy atom. The molecule has 1 unspecified atom stereocenters. The van der Waals surface area contributed by atoms with E-state index < -0.39 is 10.8 Å². The highest BCUT2D eigenvalue weighted by atomic mass is 32.2. The van der Waals surface area contributed by atoms with E-state index in [9.17, 15) is 4.21 Å². The van der Waals surface area contributed by atoms with Crippen LogP contribution in [-0.4, -0.2) is 30.6 Å². The summed E-state index contributed by atoms with van der Waals surface area (Å²) in [4.78, 5) is 10.1. The van der Waals surface area contributed by atoms with Gasteiger partial charge in [-0.1, -0.05) is 69.2 Å². The first kappa shape index (κ1) is 24.0. The van der Waals surface area contributed by atoms with Gasteiger partial charge in [-0.15, -0.1) is 0 Å². The Kier molecular flexibility index (Phi) is 7.34. The minimum atomic E-state index is -1.02. The molecule has 4 aromatic rings. The second-order valence-corrected chi connectivity index (χ2v) is 10.9. The van der Waals surface area contributed by atoms with Gasteiger partial charge in [0.15, 0.2) is 5.76 Å². The lowest BCUT2D eigenvalue weighted by Gasteiger charge is -2.08. The number of aryl methyl sites for hydroxylation is 1. The molecule has 6 nitrogen and oxygen atoms in total. The average molecular weight is 475 g/mol. The van der Waals surface area contributed by atoms with E-state index in [0.29, 0.717) is 17.5 Å². The molecule has 0 aliphatic carbocycles. The normalized spacial score (nSPS) is 12.4. The first-order valence-electron chi connectivity index (χ1n) is 11.5. The van der Waals surface area contributed by atoms with Gasteiger partial charge >= 0.3 is 0 Å². The van der Waals surface area contributed by atoms with E-state index in [0.717, 1.165) is 39.6 Å². The van der Waals surface area contributed by atoms with E-state index in [-0.39, 0.29) is 5.25 Å². The van der Waals surface area contributed by atoms with Gasteiger partial charge in [-0.05, 0) is 24.6 Å². The molecule has 2 aromatic heterocycles. The van der Waals surface area contributed by atoms with Crippen LogP contribution >= 0.6 is 0 Å². The number of aromatic nitrogens is 3. The Balaban J connectivity index is 1.57. The molecule has 0 aliphatic rings. The van der Waals surface area contributed by atoms with Crippen molar-refractivity contribution in [3.63, 3.8) is 0 Å². The third-order valence-corrected chi connectivity index (χ3v) is 7.07. The Labute approximate surface area is 203 Å². The summed E-state index contributed by atoms with van der Waals surface area (Å²) in [5, 5.41) is 7.76. The summed E-state index contributed by atoms with van der Waals surface area (Å²) in [7, 11) is -1.02. The van der Waals surface area contributed by atoms with E-state index in [1.807, 2.05) is 51.1 Å². The first-order valence-corrected chi connectivity index (χ1v) is 12.7. The van der Waals surface area contributed by atoms with Gasteiger partial charge in [-0.25, -0.2) is 4.98 Å². The summed E-state index contributed by atoms with van der Waals surface area (Å²) < 4.78 is 18.0. The predicted octanol–water partition coefficient (Wildman–Crippen LogP) is 5.79. The maximum absolute atomic E-state index is 12.3. The molecule has 0 fully saturated rings. The lowest BCUT2D eigenvalue weighted by atomic mass is 10.1. The molecule has 0 bridgehead atoms. The van der Waals surface area contributed by atoms with Gasteiger partial charge in [0.1, 0.15) is 11.4 Å². The number of hydrogen-bond donors (Lipinski definition) is 1. The molecule has 0 aliphatic heterocycles. The molecule has 0 amide bonds. The minimum absolute atomic E-state index is 0.0742. The summed E-state index contributed by atoms with van der Waals surface area (Å²) in [6, 6.07) is 18.3. The molecular weight excluding hydrogens is 444 g/mol. The van der Waals surface area contributed by atoms with Crippen LogP contribution in [0.2, 0.25) is 0 Å². The summed E-state index contributed by atoms with van der Waals surface area (Å²) in [5.41, 5.74) is 6.01. The molecule has 1 atom stereocenters. The van der Waals surface area contributed by atoms with Gasteiger partial charge in [-0.3, -0.25) is 9.19 Å². The topological polar surface area (TPSA) is 80.9 Å². The smallest absolute Gasteiger partial charge is 0.187 e. The van der Waals surface area contributed by atoms with Crippen LogP contribution in [0.5, 0.6) is 0 Å². The van der Waals surface area contributed by atoms with Crippen molar-refractivity contribution in [1.82, 2.24) is 20.4 Å². The monoisotopic (exact) mass is 474 g/mol. The van der Waals surface area contributed by atoms with E-state index in [2.05, 4.69) is 53.6 Å². The third kappa shape index (κ3) is 5.48. The third-order valence-electron chi connectivity index (χ3n) is 5.47. The molecule has 34 heavy (non-hydrogen) atoms. The zero-order chi connectivity index (χ0) is 24.2. The van der Waals surface area contributed by atoms with Gasteiger partial charge in [-0.2, -0.15) is 0 Å². The van der Waals surface area contributed by atoms with Gasteiger partial charge in [0.05, 0.1) is 28.4 Å². The molecule has 0 saturated carbocycles. The number of nitrogens with zero attached hydrogens (tertiary/aromatic N) is 3. The standard InChI is InChI=1S/C27H30N4O2S/c1-17(2)28-15-20-6-8-21(9-7-20)24-14-26(33-31-24)27-19(5)29-16-25(30-27)22-10-12-23(13-11-22)34(32)18(3)4/h6-14,16-18,28H,15H2,1-5H3. The fourth-order valence-corrected chi connectivity index (χ4v) is 4.44. The molecule has 4 rings (SSSR count). The van der Waals surface area contributed by atoms with Crippen LogP contribution < -0.4 is 5.32 Å². The van der Waals surface area contributed by atoms with Crippen molar-refractivity contribution in [3.05, 3.63) is 72.1 Å². The van der Waals surface area contributed by atoms with E-state index in [1.165, 1.54) is 5.56 Å². The Morgan fingerprint density at radius 2 is 1.59 bits per heavy atom. The van der Waals surface area contributed by atoms with Gasteiger partial charge < -0.3 is 9.84 Å². The fraction of sp³-hybridized carbons (Fsp3) is 0.296. The van der Waals surface area contributed by atoms with Crippen LogP contribution in [-0.2, 0) is 17.3 Å². The minimum Gasteiger partial charge on any atom is -0.354 e. The number of rotatable bonds is 8. The summed E-state index contributed by atoms with van der Waals surface area (Å²) >= 11 is 0. The van der Waals surface area contributed by atoms with Crippen molar-refractivity contribution in [3.8, 4) is 34.0 Å². The Hall–Kier alpha value is -3.16. The highest BCUT2D eigenvalue weighted by Gasteiger charge is 2.15. The molecule has 0 spiro atoms. The average Bonchev–Trinajstić information content (AvgIpc) is 3.33. The SMILES string of the molecule is Cc1ncc(-c2ccc(S(=O)C(C)C)cc2)nc1-c1cc(-c2ccc(CNC(C)C)cc2)no1. The van der Waals surface area contributed by atoms with Crippen LogP contribution in [0.25, 0.3) is 34.0 Å². The van der Waals surface area contributed by atoms with Crippen LogP contribution in [0.4, 0.5) is 0 Å². The van der Waals surface area contributed by atoms with Crippen molar-refractivity contribution >= 4 is 10.8 Å². The van der Waals surface area contributed by atoms with Crippen molar-refractivity contribution in [2.24, 2.45) is 0 Å². The van der Waals surface area contributed by atoms with Crippen molar-refractivity contribution in [1.29, 1.82) is 0 Å². The largest absolute Gasteiger partial charge is 0.354 e. The number of nitrogens with one attached hydrogen (secondary N) is 1. The summed E-state index contributed by atoms with van der Waals surface area (Å²) in [6.07, 6.45) is 1.74. The molecule has 2 aromatic carbocycles. The summed E-state index contributed by atoms with van der Waals surface area (Å²) in [6.45, 7) is 10.9. The van der Waals surface area contributed by atoms with Crippen LogP contribution in [0.3, 0.4) is 0 Å². The second kappa shape index (κ2) is 10.4. The van der Waals surface area contributed by atoms with Crippen LogP contribution in [0, 0.1) is 6.92 Å². The number of benzene rings is 2. The fourth-order valence-electron chi connectivity index (χ4n) is 3.49. The Morgan fingerprint density at radius 1 is 0.941 bits per heavy atom. The lowest BCUT2D eigenvalue weighted by Crippen LogP contribution is -2.21. The van der Waals surface area contributed by atoms with Crippen molar-refractivity contribution < 1.29 is 8.73 Å². The maximum Gasteiger partial charge on any atom is 0.187 e. The maximum atomic E-state index is 12.3. The molecule has 0 saturated heterocycles. The molecule has 7 heteroatoms. The molecule has 1 N–H and O–H groups in total. The molecule has 0 radical (unpaired) electrons. The first-order chi connectivity index (χ1) is 16.3. The van der Waals surface area contributed by atoms with E-state index in [4.69, 9.17) is 9.51 Å². The van der Waals surface area contributed by atoms with E-state index >= 15 is 0 Å². The number of hydrogen-bond acceptors (Lipinski definition) is 6. The Bertz CT molecular complexity index is 1280. The van der Waals surface area contributed by atoms with Gasteiger partial charge in [0, 0.05) is 39.9 Å². The van der Waals surface area contributed by atoms with Crippen LogP contribution in [0.15, 0.2) is 70.2 Å². The van der Waals surface area contributed by atoms with Crippen LogP contribution in [0.1, 0.15) is 39.0 Å². The predicted molar refractivity (Wildman–Crippen MR) is 137 cm³/mol. The summed E-state index contributed by atoms with van der Waals surface area (Å²) in [5.74, 6) is 0.574. The zero-order valence-electron chi connectivity index (χ0n) is 20.2. The zero-order valence-corrected chi connectivity index (χ0v) is 21.0. The van der Waals surface area contributed by atoms with Crippen molar-refractivity contribution in [2.75, 3.05) is 0 Å². The van der Waals surface area contributed by atoms with Crippen molar-refractivity contribution in [2.45, 2.75) is 57.4 Å². The van der Waals surface area contributed by atoms with E-state index in [1.54, 1.807) is 6.20 Å². The quantitative estimate of drug-likeness (QED) is 0.348. The van der Waals surface area contributed by atoms with Gasteiger partial charge in [0.25, 0.3) is 0 Å². The lowest BCUT2D eigenvalue weighted by molar-refractivity contribution is 0.433. The van der Waals surface area contributed by atoms with Gasteiger partial charge in [0.2, 0.25) is 0 Å².